The lowest BCUT2D eigenvalue weighted by Gasteiger charge is -2.36. The van der Waals surface area contributed by atoms with E-state index in [0.29, 0.717) is 35.2 Å². The van der Waals surface area contributed by atoms with Crippen LogP contribution in [0.3, 0.4) is 0 Å². The number of hydrogen-bond donors (Lipinski definition) is 1. The number of aromatic nitrogens is 3. The van der Waals surface area contributed by atoms with Gasteiger partial charge in [0.2, 0.25) is 0 Å². The zero-order chi connectivity index (χ0) is 22.6. The highest BCUT2D eigenvalue weighted by Gasteiger charge is 2.40. The summed E-state index contributed by atoms with van der Waals surface area (Å²) in [7, 11) is 2.17. The molecule has 0 radical (unpaired) electrons. The molecule has 174 valence electrons. The first kappa shape index (κ1) is 21.7. The van der Waals surface area contributed by atoms with Gasteiger partial charge in [0, 0.05) is 62.1 Å². The van der Waals surface area contributed by atoms with Gasteiger partial charge in [0.15, 0.2) is 0 Å². The maximum atomic E-state index is 13.4. The van der Waals surface area contributed by atoms with E-state index < -0.39 is 17.6 Å². The number of nitrogens with zero attached hydrogens (tertiary/aromatic N) is 5. The number of rotatable bonds is 4. The molecule has 6 nitrogen and oxygen atoms in total. The Bertz CT molecular complexity index is 975. The molecule has 3 aliphatic rings. The summed E-state index contributed by atoms with van der Waals surface area (Å²) in [5.74, 6) is 1.42. The molecule has 2 saturated carbocycles. The summed E-state index contributed by atoms with van der Waals surface area (Å²) in [6.45, 7) is 6.70. The Kier molecular flexibility index (Phi) is 5.44. The second-order valence-electron chi connectivity index (χ2n) is 9.83. The highest BCUT2D eigenvalue weighted by atomic mass is 19.4. The molecule has 2 aromatic rings. The zero-order valence-corrected chi connectivity index (χ0v) is 18.6. The highest BCUT2D eigenvalue weighted by Crippen LogP contribution is 2.46. The molecule has 5 rings (SSSR count). The molecule has 1 saturated heterocycles. The summed E-state index contributed by atoms with van der Waals surface area (Å²) >= 11 is 0. The molecule has 0 bridgehead atoms. The highest BCUT2D eigenvalue weighted by molar-refractivity contribution is 5.62. The Labute approximate surface area is 186 Å². The van der Waals surface area contributed by atoms with Gasteiger partial charge in [-0.05, 0) is 44.7 Å². The van der Waals surface area contributed by atoms with E-state index in [9.17, 15) is 13.2 Å². The topological polar surface area (TPSA) is 63.2 Å². The van der Waals surface area contributed by atoms with Crippen LogP contribution in [0, 0.1) is 5.92 Å². The van der Waals surface area contributed by atoms with Gasteiger partial charge in [-0.2, -0.15) is 13.2 Å². The molecule has 2 aromatic heterocycles. The van der Waals surface area contributed by atoms with Gasteiger partial charge in [-0.25, -0.2) is 9.97 Å². The Morgan fingerprint density at radius 1 is 1.09 bits per heavy atom. The molecular weight excluding hydrogens is 417 g/mol. The van der Waals surface area contributed by atoms with Gasteiger partial charge in [0.1, 0.15) is 11.6 Å². The summed E-state index contributed by atoms with van der Waals surface area (Å²) in [5.41, 5.74) is 5.52. The second-order valence-corrected chi connectivity index (χ2v) is 9.83. The molecule has 0 aromatic carbocycles. The molecule has 3 atom stereocenters. The molecule has 1 aliphatic heterocycles. The number of anilines is 1. The van der Waals surface area contributed by atoms with E-state index in [4.69, 9.17) is 10.7 Å². The maximum Gasteiger partial charge on any atom is 0.419 e. The Hall–Kier alpha value is -2.13. The van der Waals surface area contributed by atoms with Crippen LogP contribution in [0.5, 0.6) is 0 Å². The third-order valence-corrected chi connectivity index (χ3v) is 7.45. The van der Waals surface area contributed by atoms with Gasteiger partial charge in [0.05, 0.1) is 11.3 Å². The quantitative estimate of drug-likeness (QED) is 0.766. The molecule has 0 amide bonds. The number of halogens is 3. The number of alkyl halides is 3. The standard InChI is InChI=1S/C23H31F3N6/c1-14-9-17(31-7-5-30(2)6-8-31)11-20(14)32-13-19(29-22(32)15-3-4-15)16-10-18(23(24,25)26)21(27)28-12-16/h10,12-15,17,20H,3-9,11H2,1-2H3,(H2,27,28)/t14-,17?,20+/m0/s1. The number of hydrogen-bond acceptors (Lipinski definition) is 5. The zero-order valence-electron chi connectivity index (χ0n) is 18.6. The average Bonchev–Trinajstić information content (AvgIpc) is 3.38. The lowest BCUT2D eigenvalue weighted by atomic mass is 10.1. The van der Waals surface area contributed by atoms with E-state index in [2.05, 4.69) is 33.3 Å². The molecule has 1 unspecified atom stereocenters. The van der Waals surface area contributed by atoms with Crippen molar-refractivity contribution in [2.24, 2.45) is 5.92 Å². The van der Waals surface area contributed by atoms with E-state index in [1.54, 1.807) is 0 Å². The van der Waals surface area contributed by atoms with Crippen molar-refractivity contribution in [1.82, 2.24) is 24.3 Å². The van der Waals surface area contributed by atoms with E-state index in [1.807, 2.05) is 6.20 Å². The molecule has 3 fully saturated rings. The molecule has 3 heterocycles. The fraction of sp³-hybridized carbons (Fsp3) is 0.652. The van der Waals surface area contributed by atoms with Crippen LogP contribution < -0.4 is 5.73 Å². The van der Waals surface area contributed by atoms with Crippen LogP contribution in [-0.2, 0) is 6.18 Å². The van der Waals surface area contributed by atoms with E-state index in [-0.39, 0.29) is 0 Å². The minimum atomic E-state index is -4.54. The third-order valence-electron chi connectivity index (χ3n) is 7.45. The van der Waals surface area contributed by atoms with Gasteiger partial charge in [0.25, 0.3) is 0 Å². The van der Waals surface area contributed by atoms with Crippen LogP contribution >= 0.6 is 0 Å². The number of imidazole rings is 1. The van der Waals surface area contributed by atoms with Crippen molar-refractivity contribution in [3.8, 4) is 11.3 Å². The summed E-state index contributed by atoms with van der Waals surface area (Å²) < 4.78 is 42.3. The summed E-state index contributed by atoms with van der Waals surface area (Å²) in [6.07, 6.45) is 3.21. The van der Waals surface area contributed by atoms with Crippen LogP contribution in [0.2, 0.25) is 0 Å². The molecule has 32 heavy (non-hydrogen) atoms. The summed E-state index contributed by atoms with van der Waals surface area (Å²) in [5, 5.41) is 0. The van der Waals surface area contributed by atoms with Crippen LogP contribution in [0.25, 0.3) is 11.3 Å². The van der Waals surface area contributed by atoms with Gasteiger partial charge in [-0.3, -0.25) is 4.90 Å². The van der Waals surface area contributed by atoms with Crippen LogP contribution in [0.4, 0.5) is 19.0 Å². The fourth-order valence-corrected chi connectivity index (χ4v) is 5.37. The molecular formula is C23H31F3N6. The van der Waals surface area contributed by atoms with Crippen molar-refractivity contribution in [3.05, 3.63) is 29.8 Å². The summed E-state index contributed by atoms with van der Waals surface area (Å²) in [6, 6.07) is 1.95. The minimum Gasteiger partial charge on any atom is -0.383 e. The van der Waals surface area contributed by atoms with Crippen LogP contribution in [-0.4, -0.2) is 63.6 Å². The average molecular weight is 449 g/mol. The molecule has 0 spiro atoms. The third kappa shape index (κ3) is 4.12. The Morgan fingerprint density at radius 3 is 2.47 bits per heavy atom. The van der Waals surface area contributed by atoms with Gasteiger partial charge < -0.3 is 15.2 Å². The smallest absolute Gasteiger partial charge is 0.383 e. The van der Waals surface area contributed by atoms with Gasteiger partial charge >= 0.3 is 6.18 Å². The second kappa shape index (κ2) is 8.02. The fourth-order valence-electron chi connectivity index (χ4n) is 5.37. The van der Waals surface area contributed by atoms with Crippen LogP contribution in [0.1, 0.15) is 56.0 Å². The first-order valence-corrected chi connectivity index (χ1v) is 11.5. The number of piperazine rings is 1. The lowest BCUT2D eigenvalue weighted by molar-refractivity contribution is -0.137. The number of pyridine rings is 1. The first-order chi connectivity index (χ1) is 15.2. The first-order valence-electron chi connectivity index (χ1n) is 11.5. The molecule has 2 aliphatic carbocycles. The number of nitrogen functional groups attached to an aromatic ring is 1. The van der Waals surface area contributed by atoms with E-state index >= 15 is 0 Å². The minimum absolute atomic E-state index is 0.320. The van der Waals surface area contributed by atoms with E-state index in [0.717, 1.165) is 63.8 Å². The van der Waals surface area contributed by atoms with Crippen molar-refractivity contribution in [2.45, 2.75) is 56.8 Å². The van der Waals surface area contributed by atoms with Crippen molar-refractivity contribution < 1.29 is 13.2 Å². The van der Waals surface area contributed by atoms with Crippen LogP contribution in [0.15, 0.2) is 18.5 Å². The molecule has 2 N–H and O–H groups in total. The lowest BCUT2D eigenvalue weighted by Crippen LogP contribution is -2.48. The Morgan fingerprint density at radius 2 is 1.81 bits per heavy atom. The maximum absolute atomic E-state index is 13.4. The number of nitrogens with two attached hydrogens (primary N) is 1. The normalized spacial score (nSPS) is 27.8. The van der Waals surface area contributed by atoms with Gasteiger partial charge in [-0.1, -0.05) is 6.92 Å². The van der Waals surface area contributed by atoms with Crippen molar-refractivity contribution in [2.75, 3.05) is 39.0 Å². The van der Waals surface area contributed by atoms with Crippen molar-refractivity contribution in [3.63, 3.8) is 0 Å². The monoisotopic (exact) mass is 448 g/mol. The van der Waals surface area contributed by atoms with Crippen molar-refractivity contribution >= 4 is 5.82 Å². The molecule has 9 heteroatoms. The predicted molar refractivity (Wildman–Crippen MR) is 117 cm³/mol. The predicted octanol–water partition coefficient (Wildman–Crippen LogP) is 4.01. The Balaban J connectivity index is 1.43. The number of likely N-dealkylation sites (N-methyl/N-ethyl adjacent to an activating group) is 1. The SMILES string of the molecule is C[C@H]1CC(N2CCN(C)CC2)C[C@H]1n1cc(-c2cnc(N)c(C(F)(F)F)c2)nc1C1CC1. The van der Waals surface area contributed by atoms with Crippen molar-refractivity contribution in [1.29, 1.82) is 0 Å². The van der Waals surface area contributed by atoms with E-state index in [1.165, 1.54) is 6.20 Å². The summed E-state index contributed by atoms with van der Waals surface area (Å²) in [4.78, 5) is 13.6. The van der Waals surface area contributed by atoms with Gasteiger partial charge in [-0.15, -0.1) is 0 Å². The largest absolute Gasteiger partial charge is 0.419 e.